The van der Waals surface area contributed by atoms with Crippen LogP contribution in [0.5, 0.6) is 0 Å². The SMILES string of the molecule is CCN(CC(O)c1ccc(C)cc1)C1CCN(C(C)C)C1=O. The van der Waals surface area contributed by atoms with Crippen LogP contribution >= 0.6 is 0 Å². The smallest absolute Gasteiger partial charge is 0.240 e. The average molecular weight is 304 g/mol. The van der Waals surface area contributed by atoms with Gasteiger partial charge in [0.2, 0.25) is 5.91 Å². The quantitative estimate of drug-likeness (QED) is 0.877. The minimum atomic E-state index is -0.554. The normalized spacial score (nSPS) is 20.2. The molecule has 2 rings (SSSR count). The van der Waals surface area contributed by atoms with Gasteiger partial charge in [-0.3, -0.25) is 9.69 Å². The Morgan fingerprint density at radius 1 is 1.32 bits per heavy atom. The van der Waals surface area contributed by atoms with E-state index < -0.39 is 6.10 Å². The summed E-state index contributed by atoms with van der Waals surface area (Å²) in [5.41, 5.74) is 2.09. The van der Waals surface area contributed by atoms with Gasteiger partial charge in [0, 0.05) is 19.1 Å². The molecule has 0 aliphatic carbocycles. The first kappa shape index (κ1) is 17.0. The molecule has 1 aliphatic heterocycles. The number of benzene rings is 1. The van der Waals surface area contributed by atoms with Gasteiger partial charge < -0.3 is 10.0 Å². The van der Waals surface area contributed by atoms with Crippen LogP contribution in [-0.4, -0.2) is 52.5 Å². The molecule has 1 aromatic carbocycles. The van der Waals surface area contributed by atoms with Crippen molar-refractivity contribution < 1.29 is 9.90 Å². The lowest BCUT2D eigenvalue weighted by molar-refractivity contribution is -0.133. The maximum absolute atomic E-state index is 12.5. The maximum atomic E-state index is 12.5. The van der Waals surface area contributed by atoms with Crippen LogP contribution in [0.25, 0.3) is 0 Å². The molecule has 2 unspecified atom stereocenters. The summed E-state index contributed by atoms with van der Waals surface area (Å²) in [6, 6.07) is 8.10. The Bertz CT molecular complexity index is 498. The van der Waals surface area contributed by atoms with Gasteiger partial charge >= 0.3 is 0 Å². The van der Waals surface area contributed by atoms with Gasteiger partial charge in [-0.15, -0.1) is 0 Å². The van der Waals surface area contributed by atoms with Gasteiger partial charge in [0.1, 0.15) is 0 Å². The molecule has 0 radical (unpaired) electrons. The van der Waals surface area contributed by atoms with Crippen LogP contribution in [0, 0.1) is 6.92 Å². The van der Waals surface area contributed by atoms with Crippen LogP contribution in [0.4, 0.5) is 0 Å². The van der Waals surface area contributed by atoms with Crippen LogP contribution in [0.2, 0.25) is 0 Å². The van der Waals surface area contributed by atoms with E-state index in [0.29, 0.717) is 6.54 Å². The molecule has 1 N–H and O–H groups in total. The lowest BCUT2D eigenvalue weighted by Gasteiger charge is -2.29. The van der Waals surface area contributed by atoms with Gasteiger partial charge in [0.25, 0.3) is 0 Å². The first-order valence-corrected chi connectivity index (χ1v) is 8.23. The van der Waals surface area contributed by atoms with Gasteiger partial charge in [0.15, 0.2) is 0 Å². The molecule has 0 aromatic heterocycles. The number of carbonyl (C=O) groups excluding carboxylic acids is 1. The summed E-state index contributed by atoms with van der Waals surface area (Å²) in [6.07, 6.45) is 0.298. The van der Waals surface area contributed by atoms with Crippen LogP contribution in [-0.2, 0) is 4.79 Å². The second-order valence-corrected chi connectivity index (χ2v) is 6.44. The Kier molecular flexibility index (Phi) is 5.59. The molecule has 0 spiro atoms. The molecule has 122 valence electrons. The van der Waals surface area contributed by atoms with E-state index in [-0.39, 0.29) is 18.0 Å². The zero-order chi connectivity index (χ0) is 16.3. The molecule has 0 bridgehead atoms. The fraction of sp³-hybridized carbons (Fsp3) is 0.611. The molecule has 1 aliphatic rings. The van der Waals surface area contributed by atoms with Crippen molar-refractivity contribution in [3.63, 3.8) is 0 Å². The lowest BCUT2D eigenvalue weighted by atomic mass is 10.1. The summed E-state index contributed by atoms with van der Waals surface area (Å²) in [6.45, 7) is 10.3. The molecular formula is C18H28N2O2. The third kappa shape index (κ3) is 3.68. The standard InChI is InChI=1S/C18H28N2O2/c1-5-19(16-10-11-20(13(2)3)18(16)22)12-17(21)15-8-6-14(4)7-9-15/h6-9,13,16-17,21H,5,10-12H2,1-4H3. The average Bonchev–Trinajstić information content (AvgIpc) is 2.87. The van der Waals surface area contributed by atoms with Crippen molar-refractivity contribution in [3.8, 4) is 0 Å². The van der Waals surface area contributed by atoms with E-state index in [2.05, 4.69) is 18.7 Å². The van der Waals surface area contributed by atoms with Crippen molar-refractivity contribution in [2.24, 2.45) is 0 Å². The lowest BCUT2D eigenvalue weighted by Crippen LogP contribution is -2.45. The molecule has 1 aromatic rings. The molecule has 4 heteroatoms. The topological polar surface area (TPSA) is 43.8 Å². The molecular weight excluding hydrogens is 276 g/mol. The maximum Gasteiger partial charge on any atom is 0.240 e. The van der Waals surface area contributed by atoms with Crippen molar-refractivity contribution in [2.75, 3.05) is 19.6 Å². The van der Waals surface area contributed by atoms with Gasteiger partial charge in [0.05, 0.1) is 12.1 Å². The number of nitrogens with zero attached hydrogens (tertiary/aromatic N) is 2. The summed E-state index contributed by atoms with van der Waals surface area (Å²) in [4.78, 5) is 16.6. The third-order valence-corrected chi connectivity index (χ3v) is 4.55. The second kappa shape index (κ2) is 7.25. The summed E-state index contributed by atoms with van der Waals surface area (Å²) in [5.74, 6) is 0.202. The van der Waals surface area contributed by atoms with Crippen molar-refractivity contribution >= 4 is 5.91 Å². The summed E-state index contributed by atoms with van der Waals surface area (Å²) in [5, 5.41) is 10.5. The van der Waals surface area contributed by atoms with Gasteiger partial charge in [-0.05, 0) is 39.3 Å². The molecule has 1 fully saturated rings. The molecule has 1 saturated heterocycles. The molecule has 1 amide bonds. The summed E-state index contributed by atoms with van der Waals surface area (Å²) in [7, 11) is 0. The van der Waals surface area contributed by atoms with E-state index in [4.69, 9.17) is 0 Å². The van der Waals surface area contributed by atoms with Crippen molar-refractivity contribution in [3.05, 3.63) is 35.4 Å². The predicted molar refractivity (Wildman–Crippen MR) is 88.6 cm³/mol. The first-order chi connectivity index (χ1) is 10.4. The molecule has 2 atom stereocenters. The number of amides is 1. The highest BCUT2D eigenvalue weighted by Gasteiger charge is 2.36. The highest BCUT2D eigenvalue weighted by Crippen LogP contribution is 2.22. The Morgan fingerprint density at radius 3 is 2.45 bits per heavy atom. The van der Waals surface area contributed by atoms with Crippen LogP contribution in [0.15, 0.2) is 24.3 Å². The number of rotatable bonds is 6. The monoisotopic (exact) mass is 304 g/mol. The van der Waals surface area contributed by atoms with E-state index in [1.54, 1.807) is 0 Å². The molecule has 4 nitrogen and oxygen atoms in total. The number of hydrogen-bond acceptors (Lipinski definition) is 3. The Balaban J connectivity index is 2.03. The minimum absolute atomic E-state index is 0.0903. The number of likely N-dealkylation sites (N-methyl/N-ethyl adjacent to an activating group) is 1. The van der Waals surface area contributed by atoms with Crippen molar-refractivity contribution in [1.29, 1.82) is 0 Å². The van der Waals surface area contributed by atoms with E-state index in [9.17, 15) is 9.90 Å². The van der Waals surface area contributed by atoms with Crippen molar-refractivity contribution in [1.82, 2.24) is 9.80 Å². The Morgan fingerprint density at radius 2 is 1.95 bits per heavy atom. The number of carbonyl (C=O) groups is 1. The Hall–Kier alpha value is -1.39. The van der Waals surface area contributed by atoms with Gasteiger partial charge in [-0.25, -0.2) is 0 Å². The van der Waals surface area contributed by atoms with Crippen LogP contribution in [0.3, 0.4) is 0 Å². The number of likely N-dealkylation sites (tertiary alicyclic amines) is 1. The molecule has 1 heterocycles. The predicted octanol–water partition coefficient (Wildman–Crippen LogP) is 2.36. The van der Waals surface area contributed by atoms with E-state index in [1.165, 1.54) is 5.56 Å². The summed E-state index contributed by atoms with van der Waals surface area (Å²) >= 11 is 0. The van der Waals surface area contributed by atoms with E-state index >= 15 is 0 Å². The molecule has 0 saturated carbocycles. The second-order valence-electron chi connectivity index (χ2n) is 6.44. The van der Waals surface area contributed by atoms with Gasteiger partial charge in [-0.1, -0.05) is 36.8 Å². The fourth-order valence-corrected chi connectivity index (χ4v) is 3.13. The zero-order valence-corrected chi connectivity index (χ0v) is 14.1. The number of hydrogen-bond donors (Lipinski definition) is 1. The van der Waals surface area contributed by atoms with Gasteiger partial charge in [-0.2, -0.15) is 0 Å². The zero-order valence-electron chi connectivity index (χ0n) is 14.1. The fourth-order valence-electron chi connectivity index (χ4n) is 3.13. The largest absolute Gasteiger partial charge is 0.387 e. The number of aryl methyl sites for hydroxylation is 1. The van der Waals surface area contributed by atoms with Crippen LogP contribution < -0.4 is 0 Å². The highest BCUT2D eigenvalue weighted by atomic mass is 16.3. The third-order valence-electron chi connectivity index (χ3n) is 4.55. The van der Waals surface area contributed by atoms with Crippen molar-refractivity contribution in [2.45, 2.75) is 52.3 Å². The summed E-state index contributed by atoms with van der Waals surface area (Å²) < 4.78 is 0. The highest BCUT2D eigenvalue weighted by molar-refractivity contribution is 5.84. The minimum Gasteiger partial charge on any atom is -0.387 e. The molecule has 22 heavy (non-hydrogen) atoms. The van der Waals surface area contributed by atoms with Crippen LogP contribution in [0.1, 0.15) is 44.4 Å². The van der Waals surface area contributed by atoms with E-state index in [1.807, 2.05) is 43.0 Å². The van der Waals surface area contributed by atoms with E-state index in [0.717, 1.165) is 25.1 Å². The number of aliphatic hydroxyl groups excluding tert-OH is 1. The Labute approximate surface area is 133 Å². The number of aliphatic hydroxyl groups is 1. The first-order valence-electron chi connectivity index (χ1n) is 8.23.